The van der Waals surface area contributed by atoms with Crippen molar-refractivity contribution >= 4 is 35.4 Å². The van der Waals surface area contributed by atoms with Gasteiger partial charge in [-0.1, -0.05) is 30.3 Å². The first-order valence-electron chi connectivity index (χ1n) is 13.2. The Morgan fingerprint density at radius 1 is 1.12 bits per heavy atom. The minimum atomic E-state index is -1.28. The highest BCUT2D eigenvalue weighted by Crippen LogP contribution is 2.28. The van der Waals surface area contributed by atoms with E-state index >= 15 is 0 Å². The molecule has 1 saturated heterocycles. The predicted octanol–water partition coefficient (Wildman–Crippen LogP) is 1.04. The zero-order chi connectivity index (χ0) is 29.9. The van der Waals surface area contributed by atoms with Gasteiger partial charge in [0.1, 0.15) is 6.04 Å². The molecule has 2 aromatic rings. The van der Waals surface area contributed by atoms with Crippen LogP contribution in [0.15, 0.2) is 60.7 Å². The van der Waals surface area contributed by atoms with E-state index in [1.165, 1.54) is 30.3 Å². The molecular weight excluding hydrogens is 532 g/mol. The van der Waals surface area contributed by atoms with Crippen LogP contribution < -0.4 is 22.1 Å². The van der Waals surface area contributed by atoms with E-state index < -0.39 is 59.0 Å². The van der Waals surface area contributed by atoms with Gasteiger partial charge in [0.05, 0.1) is 17.4 Å². The van der Waals surface area contributed by atoms with Crippen molar-refractivity contribution in [2.45, 2.75) is 50.2 Å². The van der Waals surface area contributed by atoms with Crippen LogP contribution in [-0.4, -0.2) is 63.5 Å². The molecule has 0 aromatic heterocycles. The molecule has 0 bridgehead atoms. The summed E-state index contributed by atoms with van der Waals surface area (Å²) in [5, 5.41) is 26.7. The van der Waals surface area contributed by atoms with E-state index in [1.807, 2.05) is 30.3 Å². The fourth-order valence-electron chi connectivity index (χ4n) is 4.83. The summed E-state index contributed by atoms with van der Waals surface area (Å²) in [4.78, 5) is 59.7. The van der Waals surface area contributed by atoms with Gasteiger partial charge in [-0.3, -0.25) is 34.6 Å². The van der Waals surface area contributed by atoms with Crippen LogP contribution in [0, 0.1) is 16.0 Å². The van der Waals surface area contributed by atoms with Gasteiger partial charge < -0.3 is 22.0 Å². The topological polar surface area (TPSA) is 211 Å². The van der Waals surface area contributed by atoms with Crippen LogP contribution in [-0.2, 0) is 25.6 Å². The molecule has 0 aliphatic carbocycles. The van der Waals surface area contributed by atoms with Crippen molar-refractivity contribution in [3.8, 4) is 0 Å². The van der Waals surface area contributed by atoms with Gasteiger partial charge in [0.2, 0.25) is 17.7 Å². The predicted molar refractivity (Wildman–Crippen MR) is 149 cm³/mol. The molecule has 13 heteroatoms. The van der Waals surface area contributed by atoms with Crippen molar-refractivity contribution in [3.05, 3.63) is 81.9 Å². The van der Waals surface area contributed by atoms with Crippen LogP contribution in [0.3, 0.4) is 0 Å². The van der Waals surface area contributed by atoms with Gasteiger partial charge >= 0.3 is 0 Å². The molecule has 0 saturated carbocycles. The van der Waals surface area contributed by atoms with E-state index in [0.29, 0.717) is 24.8 Å². The van der Waals surface area contributed by atoms with Crippen LogP contribution in [0.25, 0.3) is 6.08 Å². The fourth-order valence-corrected chi connectivity index (χ4v) is 4.83. The molecule has 0 radical (unpaired) electrons. The van der Waals surface area contributed by atoms with Crippen LogP contribution >= 0.6 is 0 Å². The third kappa shape index (κ3) is 9.31. The van der Waals surface area contributed by atoms with Gasteiger partial charge in [-0.2, -0.15) is 5.06 Å². The smallest absolute Gasteiger partial charge is 0.269 e. The summed E-state index contributed by atoms with van der Waals surface area (Å²) in [5.41, 5.74) is 13.0. The van der Waals surface area contributed by atoms with Crippen molar-refractivity contribution in [1.82, 2.24) is 15.7 Å². The Morgan fingerprint density at radius 3 is 2.44 bits per heavy atom. The number of imide groups is 1. The second-order valence-corrected chi connectivity index (χ2v) is 9.86. The van der Waals surface area contributed by atoms with Crippen LogP contribution in [0.1, 0.15) is 36.8 Å². The molecule has 3 rings (SSSR count). The second kappa shape index (κ2) is 14.8. The largest absolute Gasteiger partial charge is 0.368 e. The average molecular weight is 567 g/mol. The molecule has 13 nitrogen and oxygen atoms in total. The number of carbonyl (C=O) groups excluding carboxylic acids is 4. The number of hydrogen-bond donors (Lipinski definition) is 5. The van der Waals surface area contributed by atoms with Gasteiger partial charge in [-0.05, 0) is 55.0 Å². The number of benzene rings is 2. The van der Waals surface area contributed by atoms with Crippen LogP contribution in [0.2, 0.25) is 0 Å². The lowest BCUT2D eigenvalue weighted by atomic mass is 9.87. The van der Waals surface area contributed by atoms with Crippen LogP contribution in [0.5, 0.6) is 0 Å². The van der Waals surface area contributed by atoms with Crippen molar-refractivity contribution in [2.75, 3.05) is 6.54 Å². The first-order valence-corrected chi connectivity index (χ1v) is 13.2. The standard InChI is InChI=1S/C28H34N6O7/c29-22(17-25(36)32-24(35)14-11-19-9-12-20(13-10-19)34(40)41)28(38)31-23(8-4-7-18-5-2-1-3-6-18)21-15-16-33(39)26(21)27(30)37/h1-3,5-6,9-14,21-23,26,39H,4,7-8,15-17,29H2,(H2,30,37)(H,31,38)(H,32,35,36)/b14-11+/t21?,22-,23-,26-/m0/s1. The molecule has 1 fully saturated rings. The fraction of sp³-hybridized carbons (Fsp3) is 0.357. The number of hydrogen-bond acceptors (Lipinski definition) is 9. The monoisotopic (exact) mass is 566 g/mol. The normalized spacial score (nSPS) is 18.5. The van der Waals surface area contributed by atoms with Crippen molar-refractivity contribution in [3.63, 3.8) is 0 Å². The summed E-state index contributed by atoms with van der Waals surface area (Å²) in [5.74, 6) is -3.33. The second-order valence-electron chi connectivity index (χ2n) is 9.86. The van der Waals surface area contributed by atoms with Crippen molar-refractivity contribution < 1.29 is 29.3 Å². The number of non-ortho nitro benzene ring substituents is 1. The number of hydroxylamine groups is 2. The molecule has 218 valence electrons. The first kappa shape index (κ1) is 31.1. The molecule has 4 amide bonds. The third-order valence-corrected chi connectivity index (χ3v) is 6.91. The number of rotatable bonds is 13. The molecule has 7 N–H and O–H groups in total. The minimum Gasteiger partial charge on any atom is -0.368 e. The van der Waals surface area contributed by atoms with E-state index in [-0.39, 0.29) is 12.2 Å². The lowest BCUT2D eigenvalue weighted by molar-refractivity contribution is -0.384. The van der Waals surface area contributed by atoms with Crippen molar-refractivity contribution in [2.24, 2.45) is 17.4 Å². The molecule has 41 heavy (non-hydrogen) atoms. The summed E-state index contributed by atoms with van der Waals surface area (Å²) >= 11 is 0. The zero-order valence-corrected chi connectivity index (χ0v) is 22.3. The Hall–Kier alpha value is -4.46. The Morgan fingerprint density at radius 2 is 1.80 bits per heavy atom. The molecular formula is C28H34N6O7. The zero-order valence-electron chi connectivity index (χ0n) is 22.3. The van der Waals surface area contributed by atoms with Gasteiger partial charge in [0.15, 0.2) is 0 Å². The maximum Gasteiger partial charge on any atom is 0.269 e. The summed E-state index contributed by atoms with van der Waals surface area (Å²) in [6.07, 6.45) is 4.29. The van der Waals surface area contributed by atoms with E-state index in [0.717, 1.165) is 23.1 Å². The number of primary amides is 1. The SMILES string of the molecule is NC(=O)[C@@H]1C([C@H](CCCc2ccccc2)NC(=O)[C@@H](N)CC(=O)NC(=O)/C=C/c2ccc([N+](=O)[O-])cc2)CCN1O. The number of amides is 4. The minimum absolute atomic E-state index is 0.0979. The van der Waals surface area contributed by atoms with Gasteiger partial charge in [-0.25, -0.2) is 0 Å². The number of aryl methyl sites for hydroxylation is 1. The number of nitrogens with one attached hydrogen (secondary N) is 2. The maximum atomic E-state index is 13.0. The highest BCUT2D eigenvalue weighted by Gasteiger charge is 2.42. The number of nitro groups is 1. The van der Waals surface area contributed by atoms with Gasteiger partial charge in [0.25, 0.3) is 11.6 Å². The highest BCUT2D eigenvalue weighted by atomic mass is 16.6. The van der Waals surface area contributed by atoms with E-state index in [9.17, 15) is 34.5 Å². The molecule has 4 atom stereocenters. The molecule has 2 aromatic carbocycles. The Labute approximate surface area is 236 Å². The quantitative estimate of drug-likeness (QED) is 0.133. The Bertz CT molecular complexity index is 1270. The van der Waals surface area contributed by atoms with E-state index in [2.05, 4.69) is 10.6 Å². The van der Waals surface area contributed by atoms with Gasteiger partial charge in [0, 0.05) is 36.7 Å². The first-order chi connectivity index (χ1) is 19.5. The number of nitrogens with two attached hydrogens (primary N) is 2. The summed E-state index contributed by atoms with van der Waals surface area (Å²) in [6, 6.07) is 12.4. The number of nitro benzene ring substituents is 1. The molecule has 1 unspecified atom stereocenters. The van der Waals surface area contributed by atoms with Crippen LogP contribution in [0.4, 0.5) is 5.69 Å². The lowest BCUT2D eigenvalue weighted by Gasteiger charge is -2.30. The average Bonchev–Trinajstić information content (AvgIpc) is 3.33. The van der Waals surface area contributed by atoms with E-state index in [4.69, 9.17) is 11.5 Å². The lowest BCUT2D eigenvalue weighted by Crippen LogP contribution is -2.53. The number of nitrogens with zero attached hydrogens (tertiary/aromatic N) is 2. The molecule has 0 spiro atoms. The number of carbonyl (C=O) groups is 4. The molecule has 1 heterocycles. The summed E-state index contributed by atoms with van der Waals surface area (Å²) in [6.45, 7) is 0.216. The summed E-state index contributed by atoms with van der Waals surface area (Å²) in [7, 11) is 0. The Kier molecular flexibility index (Phi) is 11.2. The highest BCUT2D eigenvalue weighted by molar-refractivity contribution is 6.04. The third-order valence-electron chi connectivity index (χ3n) is 6.91. The van der Waals surface area contributed by atoms with E-state index in [1.54, 1.807) is 0 Å². The Balaban J connectivity index is 1.56. The van der Waals surface area contributed by atoms with Crippen molar-refractivity contribution in [1.29, 1.82) is 0 Å². The molecule has 1 aliphatic heterocycles. The molecule has 1 aliphatic rings. The summed E-state index contributed by atoms with van der Waals surface area (Å²) < 4.78 is 0. The van der Waals surface area contributed by atoms with Gasteiger partial charge in [-0.15, -0.1) is 0 Å². The maximum absolute atomic E-state index is 13.0.